The number of nitrogens with one attached hydrogen (secondary N) is 1. The van der Waals surface area contributed by atoms with E-state index < -0.39 is 17.7 Å². The molecule has 0 radical (unpaired) electrons. The first-order chi connectivity index (χ1) is 11.1. The van der Waals surface area contributed by atoms with Crippen LogP contribution in [-0.4, -0.2) is 29.3 Å². The standard InChI is InChI=1S/C19H27NO4/c1-13-7-6-8-15(11-13)12-16(22)9-10-17(14(2)21)20-18(23)24-19(3,4)5/h6-8,11,17H,9-10,12H2,1-5H3,(H,20,23)/t17-/m0/s1. The van der Waals surface area contributed by atoms with Gasteiger partial charge in [0, 0.05) is 12.8 Å². The van der Waals surface area contributed by atoms with Crippen molar-refractivity contribution in [2.75, 3.05) is 0 Å². The van der Waals surface area contributed by atoms with Crippen LogP contribution in [0.3, 0.4) is 0 Å². The van der Waals surface area contributed by atoms with Crippen LogP contribution in [0.1, 0.15) is 51.7 Å². The molecular weight excluding hydrogens is 306 g/mol. The quantitative estimate of drug-likeness (QED) is 0.830. The second-order valence-corrected chi connectivity index (χ2v) is 7.05. The van der Waals surface area contributed by atoms with Crippen LogP contribution in [0.25, 0.3) is 0 Å². The third-order valence-electron chi connectivity index (χ3n) is 3.38. The Morgan fingerprint density at radius 2 is 1.88 bits per heavy atom. The number of hydrogen-bond donors (Lipinski definition) is 1. The molecule has 5 heteroatoms. The number of benzene rings is 1. The lowest BCUT2D eigenvalue weighted by molar-refractivity contribution is -0.120. The smallest absolute Gasteiger partial charge is 0.408 e. The molecule has 1 rings (SSSR count). The predicted molar refractivity (Wildman–Crippen MR) is 93.0 cm³/mol. The summed E-state index contributed by atoms with van der Waals surface area (Å²) in [6.07, 6.45) is 0.195. The number of ether oxygens (including phenoxy) is 1. The molecule has 0 saturated carbocycles. The average molecular weight is 333 g/mol. The molecule has 132 valence electrons. The fourth-order valence-electron chi connectivity index (χ4n) is 2.27. The minimum Gasteiger partial charge on any atom is -0.444 e. The van der Waals surface area contributed by atoms with Gasteiger partial charge >= 0.3 is 6.09 Å². The molecule has 0 bridgehead atoms. The van der Waals surface area contributed by atoms with E-state index in [1.807, 2.05) is 31.2 Å². The van der Waals surface area contributed by atoms with E-state index >= 15 is 0 Å². The van der Waals surface area contributed by atoms with Crippen LogP contribution in [-0.2, 0) is 20.7 Å². The van der Waals surface area contributed by atoms with Gasteiger partial charge in [-0.15, -0.1) is 0 Å². The Labute approximate surface area is 143 Å². The van der Waals surface area contributed by atoms with E-state index in [4.69, 9.17) is 4.74 Å². The van der Waals surface area contributed by atoms with Crippen LogP contribution in [0.2, 0.25) is 0 Å². The Bertz CT molecular complexity index is 602. The molecule has 0 spiro atoms. The molecule has 0 aromatic heterocycles. The highest BCUT2D eigenvalue weighted by Crippen LogP contribution is 2.10. The van der Waals surface area contributed by atoms with Gasteiger partial charge in [0.05, 0.1) is 6.04 Å². The lowest BCUT2D eigenvalue weighted by atomic mass is 10.0. The highest BCUT2D eigenvalue weighted by molar-refractivity contribution is 5.87. The average Bonchev–Trinajstić information content (AvgIpc) is 2.41. The first-order valence-corrected chi connectivity index (χ1v) is 8.14. The zero-order valence-corrected chi connectivity index (χ0v) is 15.1. The van der Waals surface area contributed by atoms with Crippen molar-refractivity contribution in [2.24, 2.45) is 0 Å². The summed E-state index contributed by atoms with van der Waals surface area (Å²) in [5.41, 5.74) is 1.43. The molecule has 0 aliphatic heterocycles. The molecule has 0 aliphatic rings. The Morgan fingerprint density at radius 3 is 2.42 bits per heavy atom. The van der Waals surface area contributed by atoms with Crippen LogP contribution in [0.5, 0.6) is 0 Å². The van der Waals surface area contributed by atoms with Gasteiger partial charge < -0.3 is 10.1 Å². The molecule has 24 heavy (non-hydrogen) atoms. The largest absolute Gasteiger partial charge is 0.444 e. The minimum atomic E-state index is -0.707. The summed E-state index contributed by atoms with van der Waals surface area (Å²) in [5.74, 6) is -0.151. The zero-order chi connectivity index (χ0) is 18.3. The van der Waals surface area contributed by atoms with Crippen molar-refractivity contribution in [3.8, 4) is 0 Å². The molecule has 0 aliphatic carbocycles. The predicted octanol–water partition coefficient (Wildman–Crippen LogP) is 3.37. The Hall–Kier alpha value is -2.17. The summed E-state index contributed by atoms with van der Waals surface area (Å²) in [6, 6.07) is 7.07. The first kappa shape index (κ1) is 19.9. The van der Waals surface area contributed by atoms with Gasteiger partial charge in [-0.1, -0.05) is 29.8 Å². The van der Waals surface area contributed by atoms with Crippen molar-refractivity contribution in [1.82, 2.24) is 5.32 Å². The van der Waals surface area contributed by atoms with Crippen molar-refractivity contribution < 1.29 is 19.1 Å². The normalized spacial score (nSPS) is 12.4. The van der Waals surface area contributed by atoms with Crippen molar-refractivity contribution >= 4 is 17.7 Å². The minimum absolute atomic E-state index is 0.0397. The SMILES string of the molecule is CC(=O)[C@H](CCC(=O)Cc1cccc(C)c1)NC(=O)OC(C)(C)C. The second-order valence-electron chi connectivity index (χ2n) is 7.05. The maximum Gasteiger partial charge on any atom is 0.408 e. The zero-order valence-electron chi connectivity index (χ0n) is 15.1. The summed E-state index contributed by atoms with van der Waals surface area (Å²) in [6.45, 7) is 8.62. The number of carbonyl (C=O) groups is 3. The molecule has 0 fully saturated rings. The molecule has 0 heterocycles. The van der Waals surface area contributed by atoms with Gasteiger partial charge in [0.25, 0.3) is 0 Å². The van der Waals surface area contributed by atoms with E-state index in [0.29, 0.717) is 6.42 Å². The number of Topliss-reactive ketones (excluding diaryl/α,β-unsaturated/α-hetero) is 2. The third kappa shape index (κ3) is 7.90. The molecule has 1 aromatic rings. The Morgan fingerprint density at radius 1 is 1.21 bits per heavy atom. The van der Waals surface area contributed by atoms with E-state index in [0.717, 1.165) is 11.1 Å². The molecule has 0 unspecified atom stereocenters. The Balaban J connectivity index is 2.52. The third-order valence-corrected chi connectivity index (χ3v) is 3.38. The van der Waals surface area contributed by atoms with Crippen LogP contribution in [0, 0.1) is 6.92 Å². The number of carbonyl (C=O) groups excluding carboxylic acids is 3. The van der Waals surface area contributed by atoms with Gasteiger partial charge in [0.2, 0.25) is 0 Å². The summed E-state index contributed by atoms with van der Waals surface area (Å²) < 4.78 is 5.15. The summed E-state index contributed by atoms with van der Waals surface area (Å²) in [5, 5.41) is 2.54. The van der Waals surface area contributed by atoms with Crippen molar-refractivity contribution in [3.05, 3.63) is 35.4 Å². The summed E-state index contributed by atoms with van der Waals surface area (Å²) in [4.78, 5) is 35.6. The fraction of sp³-hybridized carbons (Fsp3) is 0.526. The number of rotatable bonds is 7. The van der Waals surface area contributed by atoms with E-state index in [1.54, 1.807) is 20.8 Å². The van der Waals surface area contributed by atoms with E-state index in [-0.39, 0.29) is 24.4 Å². The monoisotopic (exact) mass is 333 g/mol. The lowest BCUT2D eigenvalue weighted by Crippen LogP contribution is -2.42. The number of alkyl carbamates (subject to hydrolysis) is 1. The molecule has 1 aromatic carbocycles. The molecule has 1 atom stereocenters. The first-order valence-electron chi connectivity index (χ1n) is 8.14. The van der Waals surface area contributed by atoms with Gasteiger partial charge in [-0.25, -0.2) is 4.79 Å². The van der Waals surface area contributed by atoms with E-state index in [2.05, 4.69) is 5.32 Å². The van der Waals surface area contributed by atoms with Gasteiger partial charge in [-0.2, -0.15) is 0 Å². The van der Waals surface area contributed by atoms with Crippen molar-refractivity contribution in [1.29, 1.82) is 0 Å². The highest BCUT2D eigenvalue weighted by atomic mass is 16.6. The lowest BCUT2D eigenvalue weighted by Gasteiger charge is -2.22. The topological polar surface area (TPSA) is 72.5 Å². The molecular formula is C19H27NO4. The van der Waals surface area contributed by atoms with Gasteiger partial charge in [-0.05, 0) is 46.6 Å². The van der Waals surface area contributed by atoms with Crippen LogP contribution >= 0.6 is 0 Å². The number of hydrogen-bond acceptors (Lipinski definition) is 4. The van der Waals surface area contributed by atoms with Crippen LogP contribution in [0.15, 0.2) is 24.3 Å². The Kier molecular flexibility index (Phi) is 7.14. The molecule has 1 amide bonds. The van der Waals surface area contributed by atoms with Crippen LogP contribution < -0.4 is 5.32 Å². The fourth-order valence-corrected chi connectivity index (χ4v) is 2.27. The number of amides is 1. The molecule has 1 N–H and O–H groups in total. The maximum absolute atomic E-state index is 12.1. The van der Waals surface area contributed by atoms with Gasteiger partial charge in [0.15, 0.2) is 5.78 Å². The van der Waals surface area contributed by atoms with Crippen LogP contribution in [0.4, 0.5) is 4.79 Å². The molecule has 0 saturated heterocycles. The van der Waals surface area contributed by atoms with Gasteiger partial charge in [0.1, 0.15) is 11.4 Å². The van der Waals surface area contributed by atoms with E-state index in [9.17, 15) is 14.4 Å². The maximum atomic E-state index is 12.1. The number of ketones is 2. The van der Waals surface area contributed by atoms with Crippen molar-refractivity contribution in [2.45, 2.75) is 65.5 Å². The highest BCUT2D eigenvalue weighted by Gasteiger charge is 2.22. The summed E-state index contributed by atoms with van der Waals surface area (Å²) in [7, 11) is 0. The molecule has 5 nitrogen and oxygen atoms in total. The second kappa shape index (κ2) is 8.62. The summed E-state index contributed by atoms with van der Waals surface area (Å²) >= 11 is 0. The van der Waals surface area contributed by atoms with E-state index in [1.165, 1.54) is 6.92 Å². The number of aryl methyl sites for hydroxylation is 1. The van der Waals surface area contributed by atoms with Crippen molar-refractivity contribution in [3.63, 3.8) is 0 Å². The van der Waals surface area contributed by atoms with Gasteiger partial charge in [-0.3, -0.25) is 9.59 Å².